The highest BCUT2D eigenvalue weighted by molar-refractivity contribution is 6.31. The van der Waals surface area contributed by atoms with Gasteiger partial charge in [0.1, 0.15) is 5.82 Å². The van der Waals surface area contributed by atoms with Crippen LogP contribution in [0.25, 0.3) is 0 Å². The van der Waals surface area contributed by atoms with E-state index in [4.69, 9.17) is 11.6 Å². The molecule has 0 radical (unpaired) electrons. The van der Waals surface area contributed by atoms with Crippen LogP contribution in [0.3, 0.4) is 0 Å². The van der Waals surface area contributed by atoms with Crippen molar-refractivity contribution >= 4 is 11.6 Å². The summed E-state index contributed by atoms with van der Waals surface area (Å²) in [5.74, 6) is -2.48. The zero-order chi connectivity index (χ0) is 15.6. The Hall–Kier alpha value is -1.52. The van der Waals surface area contributed by atoms with Crippen molar-refractivity contribution in [3.8, 4) is 0 Å². The first-order valence-electron chi connectivity index (χ1n) is 6.59. The zero-order valence-corrected chi connectivity index (χ0v) is 12.4. The molecule has 0 aliphatic carbocycles. The van der Waals surface area contributed by atoms with Crippen molar-refractivity contribution in [3.05, 3.63) is 69.5 Å². The van der Waals surface area contributed by atoms with E-state index < -0.39 is 23.5 Å². The molecular weight excluding hydrogens is 299 g/mol. The molecule has 0 saturated heterocycles. The van der Waals surface area contributed by atoms with Crippen LogP contribution in [0.5, 0.6) is 0 Å². The predicted octanol–water partition coefficient (Wildman–Crippen LogP) is 4.76. The maximum absolute atomic E-state index is 14.2. The Bertz CT molecular complexity index is 638. The molecule has 0 amide bonds. The third kappa shape index (κ3) is 3.06. The lowest BCUT2D eigenvalue weighted by Crippen LogP contribution is -2.25. The average Bonchev–Trinajstić information content (AvgIpc) is 2.44. The Balaban J connectivity index is 2.62. The highest BCUT2D eigenvalue weighted by atomic mass is 35.5. The quantitative estimate of drug-likeness (QED) is 0.857. The Morgan fingerprint density at radius 1 is 1.10 bits per heavy atom. The van der Waals surface area contributed by atoms with Gasteiger partial charge in [0.2, 0.25) is 0 Å². The molecule has 0 aliphatic rings. The van der Waals surface area contributed by atoms with Crippen molar-refractivity contribution in [1.29, 1.82) is 0 Å². The maximum atomic E-state index is 14.2. The van der Waals surface area contributed by atoms with E-state index in [-0.39, 0.29) is 21.7 Å². The van der Waals surface area contributed by atoms with Crippen LogP contribution in [0, 0.1) is 24.4 Å². The van der Waals surface area contributed by atoms with Gasteiger partial charge in [-0.15, -0.1) is 0 Å². The topological polar surface area (TPSA) is 12.0 Å². The van der Waals surface area contributed by atoms with Crippen molar-refractivity contribution in [2.45, 2.75) is 19.9 Å². The van der Waals surface area contributed by atoms with Crippen LogP contribution in [0.2, 0.25) is 5.02 Å². The fraction of sp³-hybridized carbons (Fsp3) is 0.250. The number of benzene rings is 2. The van der Waals surface area contributed by atoms with E-state index in [2.05, 4.69) is 5.32 Å². The minimum Gasteiger partial charge on any atom is -0.306 e. The van der Waals surface area contributed by atoms with Gasteiger partial charge in [-0.25, -0.2) is 13.2 Å². The molecule has 0 bridgehead atoms. The summed E-state index contributed by atoms with van der Waals surface area (Å²) >= 11 is 6.04. The summed E-state index contributed by atoms with van der Waals surface area (Å²) in [5.41, 5.74) is 0.348. The minimum atomic E-state index is -0.986. The first-order valence-corrected chi connectivity index (χ1v) is 6.97. The zero-order valence-electron chi connectivity index (χ0n) is 11.7. The second-order valence-corrected chi connectivity index (χ2v) is 5.13. The van der Waals surface area contributed by atoms with Gasteiger partial charge in [-0.2, -0.15) is 0 Å². The standard InChI is InChI=1S/C16H15ClF3N/c1-3-21-16(13-11(17)5-4-6-12(13)18)10-8-7-9(2)14(19)15(10)20/h4-8,16,21H,3H2,1-2H3. The van der Waals surface area contributed by atoms with Crippen LogP contribution >= 0.6 is 11.6 Å². The highest BCUT2D eigenvalue weighted by Gasteiger charge is 2.25. The van der Waals surface area contributed by atoms with Gasteiger partial charge in [0.15, 0.2) is 11.6 Å². The molecule has 0 saturated carbocycles. The van der Waals surface area contributed by atoms with Gasteiger partial charge in [0, 0.05) is 16.1 Å². The largest absolute Gasteiger partial charge is 0.306 e. The van der Waals surface area contributed by atoms with Gasteiger partial charge in [-0.1, -0.05) is 36.7 Å². The van der Waals surface area contributed by atoms with Crippen molar-refractivity contribution < 1.29 is 13.2 Å². The minimum absolute atomic E-state index is 0.0342. The third-order valence-electron chi connectivity index (χ3n) is 3.31. The van der Waals surface area contributed by atoms with E-state index in [1.807, 2.05) is 0 Å². The predicted molar refractivity (Wildman–Crippen MR) is 78.0 cm³/mol. The molecule has 5 heteroatoms. The van der Waals surface area contributed by atoms with Crippen LogP contribution in [-0.2, 0) is 0 Å². The van der Waals surface area contributed by atoms with E-state index in [9.17, 15) is 13.2 Å². The SMILES string of the molecule is CCNC(c1ccc(C)c(F)c1F)c1c(F)cccc1Cl. The molecule has 1 nitrogen and oxygen atoms in total. The van der Waals surface area contributed by atoms with Gasteiger partial charge >= 0.3 is 0 Å². The summed E-state index contributed by atoms with van der Waals surface area (Å²) in [6.45, 7) is 3.72. The van der Waals surface area contributed by atoms with Crippen molar-refractivity contribution in [3.63, 3.8) is 0 Å². The second-order valence-electron chi connectivity index (χ2n) is 4.73. The summed E-state index contributed by atoms with van der Waals surface area (Å²) in [7, 11) is 0. The lowest BCUT2D eigenvalue weighted by atomic mass is 9.96. The highest BCUT2D eigenvalue weighted by Crippen LogP contribution is 2.33. The molecular formula is C16H15ClF3N. The summed E-state index contributed by atoms with van der Waals surface area (Å²) in [6.07, 6.45) is 0. The molecule has 2 aromatic rings. The fourth-order valence-corrected chi connectivity index (χ4v) is 2.51. The normalized spacial score (nSPS) is 12.5. The number of nitrogens with one attached hydrogen (secondary N) is 1. The summed E-state index contributed by atoms with van der Waals surface area (Å²) < 4.78 is 42.1. The van der Waals surface area contributed by atoms with Crippen molar-refractivity contribution in [1.82, 2.24) is 5.32 Å². The van der Waals surface area contributed by atoms with E-state index in [1.54, 1.807) is 6.92 Å². The van der Waals surface area contributed by atoms with Gasteiger partial charge < -0.3 is 5.32 Å². The van der Waals surface area contributed by atoms with E-state index >= 15 is 0 Å². The maximum Gasteiger partial charge on any atom is 0.164 e. The van der Waals surface area contributed by atoms with E-state index in [0.29, 0.717) is 6.54 Å². The van der Waals surface area contributed by atoms with Crippen LogP contribution in [0.15, 0.2) is 30.3 Å². The molecule has 1 unspecified atom stereocenters. The fourth-order valence-electron chi connectivity index (χ4n) is 2.24. The van der Waals surface area contributed by atoms with Gasteiger partial charge in [-0.05, 0) is 31.2 Å². The number of halogens is 4. The Labute approximate surface area is 126 Å². The average molecular weight is 314 g/mol. The molecule has 112 valence electrons. The number of rotatable bonds is 4. The molecule has 0 fully saturated rings. The lowest BCUT2D eigenvalue weighted by Gasteiger charge is -2.21. The van der Waals surface area contributed by atoms with Crippen LogP contribution in [0.1, 0.15) is 29.7 Å². The smallest absolute Gasteiger partial charge is 0.164 e. The molecule has 2 rings (SSSR count). The number of aryl methyl sites for hydroxylation is 1. The van der Waals surface area contributed by atoms with Crippen LogP contribution < -0.4 is 5.32 Å². The van der Waals surface area contributed by atoms with Gasteiger partial charge in [0.05, 0.1) is 6.04 Å². The molecule has 21 heavy (non-hydrogen) atoms. The molecule has 0 spiro atoms. The molecule has 2 aromatic carbocycles. The Morgan fingerprint density at radius 3 is 2.43 bits per heavy atom. The molecule has 0 heterocycles. The Kier molecular flexibility index (Phi) is 4.91. The molecule has 0 aliphatic heterocycles. The van der Waals surface area contributed by atoms with Crippen LogP contribution in [-0.4, -0.2) is 6.54 Å². The van der Waals surface area contributed by atoms with E-state index in [0.717, 1.165) is 0 Å². The van der Waals surface area contributed by atoms with Crippen LogP contribution in [0.4, 0.5) is 13.2 Å². The third-order valence-corrected chi connectivity index (χ3v) is 3.64. The van der Waals surface area contributed by atoms with Crippen molar-refractivity contribution in [2.24, 2.45) is 0 Å². The van der Waals surface area contributed by atoms with Gasteiger partial charge in [0.25, 0.3) is 0 Å². The van der Waals surface area contributed by atoms with E-state index in [1.165, 1.54) is 37.3 Å². The van der Waals surface area contributed by atoms with Crippen molar-refractivity contribution in [2.75, 3.05) is 6.54 Å². The summed E-state index contributed by atoms with van der Waals surface area (Å²) in [6, 6.07) is 6.30. The molecule has 0 aromatic heterocycles. The monoisotopic (exact) mass is 313 g/mol. The molecule has 1 N–H and O–H groups in total. The summed E-state index contributed by atoms with van der Waals surface area (Å²) in [5, 5.41) is 3.12. The first kappa shape index (κ1) is 15.9. The Morgan fingerprint density at radius 2 is 1.81 bits per heavy atom. The number of hydrogen-bond donors (Lipinski definition) is 1. The summed E-state index contributed by atoms with van der Waals surface area (Å²) in [4.78, 5) is 0. The second kappa shape index (κ2) is 6.50. The number of hydrogen-bond acceptors (Lipinski definition) is 1. The molecule has 1 atom stereocenters. The first-order chi connectivity index (χ1) is 9.97. The van der Waals surface area contributed by atoms with Gasteiger partial charge in [-0.3, -0.25) is 0 Å². The lowest BCUT2D eigenvalue weighted by molar-refractivity contribution is 0.473.